The van der Waals surface area contributed by atoms with Crippen LogP contribution in [0.3, 0.4) is 0 Å². The first-order valence-electron chi connectivity index (χ1n) is 5.43. The van der Waals surface area contributed by atoms with Gasteiger partial charge in [0.05, 0.1) is 18.0 Å². The summed E-state index contributed by atoms with van der Waals surface area (Å²) in [7, 11) is -1.81. The standard InChI is InChI=1S/C11H16N2O3S/c1-16-7-8-17(14,15)13-6-5-9-10(12)3-2-4-11(9)13/h2-4H,5-8,12H2,1H3. The van der Waals surface area contributed by atoms with Gasteiger partial charge in [-0.05, 0) is 18.6 Å². The van der Waals surface area contributed by atoms with Crippen LogP contribution in [0.2, 0.25) is 0 Å². The maximum absolute atomic E-state index is 12.1. The van der Waals surface area contributed by atoms with E-state index in [9.17, 15) is 8.42 Å². The molecule has 1 aromatic carbocycles. The van der Waals surface area contributed by atoms with Gasteiger partial charge in [0.1, 0.15) is 0 Å². The summed E-state index contributed by atoms with van der Waals surface area (Å²) in [4.78, 5) is 0. The van der Waals surface area contributed by atoms with Crippen molar-refractivity contribution in [3.05, 3.63) is 23.8 Å². The first-order valence-corrected chi connectivity index (χ1v) is 7.04. The maximum Gasteiger partial charge on any atom is 0.237 e. The van der Waals surface area contributed by atoms with E-state index in [0.717, 1.165) is 5.56 Å². The molecule has 94 valence electrons. The van der Waals surface area contributed by atoms with Crippen LogP contribution in [-0.2, 0) is 21.2 Å². The summed E-state index contributed by atoms with van der Waals surface area (Å²) in [5.41, 5.74) is 8.12. The van der Waals surface area contributed by atoms with Gasteiger partial charge in [-0.25, -0.2) is 8.42 Å². The molecule has 0 spiro atoms. The molecule has 0 amide bonds. The van der Waals surface area contributed by atoms with Crippen molar-refractivity contribution in [3.8, 4) is 0 Å². The summed E-state index contributed by atoms with van der Waals surface area (Å²) in [5, 5.41) is 0. The summed E-state index contributed by atoms with van der Waals surface area (Å²) in [6.45, 7) is 0.673. The van der Waals surface area contributed by atoms with Crippen LogP contribution in [0, 0.1) is 0 Å². The molecule has 0 fully saturated rings. The van der Waals surface area contributed by atoms with Crippen LogP contribution < -0.4 is 10.0 Å². The third-order valence-corrected chi connectivity index (χ3v) is 4.64. The Kier molecular flexibility index (Phi) is 3.26. The number of sulfonamides is 1. The van der Waals surface area contributed by atoms with Gasteiger partial charge in [0.2, 0.25) is 10.0 Å². The van der Waals surface area contributed by atoms with Crippen LogP contribution in [0.4, 0.5) is 11.4 Å². The number of ether oxygens (including phenoxy) is 1. The molecule has 0 atom stereocenters. The highest BCUT2D eigenvalue weighted by Gasteiger charge is 2.29. The van der Waals surface area contributed by atoms with Crippen molar-refractivity contribution in [2.75, 3.05) is 36.1 Å². The molecule has 6 heteroatoms. The fourth-order valence-corrected chi connectivity index (χ4v) is 3.46. The summed E-state index contributed by atoms with van der Waals surface area (Å²) in [5.74, 6) is -0.00224. The van der Waals surface area contributed by atoms with E-state index in [1.54, 1.807) is 18.2 Å². The lowest BCUT2D eigenvalue weighted by molar-refractivity contribution is 0.217. The second-order valence-corrected chi connectivity index (χ2v) is 5.99. The Morgan fingerprint density at radius 2 is 2.24 bits per heavy atom. The van der Waals surface area contributed by atoms with Crippen molar-refractivity contribution in [2.24, 2.45) is 0 Å². The molecule has 5 nitrogen and oxygen atoms in total. The van der Waals surface area contributed by atoms with E-state index in [4.69, 9.17) is 10.5 Å². The minimum Gasteiger partial charge on any atom is -0.398 e. The molecule has 1 aliphatic rings. The Morgan fingerprint density at radius 3 is 2.94 bits per heavy atom. The number of rotatable bonds is 4. The predicted molar refractivity (Wildman–Crippen MR) is 67.6 cm³/mol. The Hall–Kier alpha value is -1.27. The zero-order valence-electron chi connectivity index (χ0n) is 9.72. The number of nitrogens with two attached hydrogens (primary N) is 1. The van der Waals surface area contributed by atoms with Gasteiger partial charge in [-0.15, -0.1) is 0 Å². The predicted octanol–water partition coefficient (Wildman–Crippen LogP) is 0.608. The zero-order chi connectivity index (χ0) is 12.5. The first kappa shape index (κ1) is 12.2. The average molecular weight is 256 g/mol. The molecule has 2 N–H and O–H groups in total. The van der Waals surface area contributed by atoms with E-state index in [1.807, 2.05) is 0 Å². The average Bonchev–Trinajstić information content (AvgIpc) is 2.72. The molecule has 1 aromatic rings. The van der Waals surface area contributed by atoms with Crippen LogP contribution in [0.15, 0.2) is 18.2 Å². The number of nitrogens with zero attached hydrogens (tertiary/aromatic N) is 1. The van der Waals surface area contributed by atoms with E-state index in [0.29, 0.717) is 24.3 Å². The molecule has 0 radical (unpaired) electrons. The van der Waals surface area contributed by atoms with Gasteiger partial charge in [-0.1, -0.05) is 6.07 Å². The molecule has 1 heterocycles. The van der Waals surface area contributed by atoms with Crippen LogP contribution in [0.1, 0.15) is 5.56 Å². The SMILES string of the molecule is COCCS(=O)(=O)N1CCc2c(N)cccc21. The van der Waals surface area contributed by atoms with Crippen LogP contribution in [0.5, 0.6) is 0 Å². The van der Waals surface area contributed by atoms with Gasteiger partial charge >= 0.3 is 0 Å². The third kappa shape index (κ3) is 2.23. The molecule has 0 saturated carbocycles. The molecule has 1 aliphatic heterocycles. The Morgan fingerprint density at radius 1 is 1.47 bits per heavy atom. The van der Waals surface area contributed by atoms with E-state index >= 15 is 0 Å². The van der Waals surface area contributed by atoms with E-state index in [-0.39, 0.29) is 12.4 Å². The summed E-state index contributed by atoms with van der Waals surface area (Å²) >= 11 is 0. The number of hydrogen-bond donors (Lipinski definition) is 1. The number of benzene rings is 1. The van der Waals surface area contributed by atoms with Gasteiger partial charge in [-0.3, -0.25) is 4.31 Å². The Labute approximate surface area is 101 Å². The first-order chi connectivity index (χ1) is 8.06. The summed E-state index contributed by atoms with van der Waals surface area (Å²) < 4.78 is 30.4. The van der Waals surface area contributed by atoms with Gasteiger partial charge in [-0.2, -0.15) is 0 Å². The van der Waals surface area contributed by atoms with E-state index < -0.39 is 10.0 Å². The molecular weight excluding hydrogens is 240 g/mol. The molecule has 0 aliphatic carbocycles. The normalized spacial score (nSPS) is 15.0. The summed E-state index contributed by atoms with van der Waals surface area (Å²) in [6.07, 6.45) is 0.675. The van der Waals surface area contributed by atoms with Crippen molar-refractivity contribution in [1.82, 2.24) is 0 Å². The largest absolute Gasteiger partial charge is 0.398 e. The fraction of sp³-hybridized carbons (Fsp3) is 0.455. The van der Waals surface area contributed by atoms with Crippen molar-refractivity contribution in [3.63, 3.8) is 0 Å². The lowest BCUT2D eigenvalue weighted by atomic mass is 10.1. The quantitative estimate of drug-likeness (QED) is 0.801. The number of methoxy groups -OCH3 is 1. The highest BCUT2D eigenvalue weighted by molar-refractivity contribution is 7.92. The van der Waals surface area contributed by atoms with Crippen molar-refractivity contribution < 1.29 is 13.2 Å². The number of anilines is 2. The van der Waals surface area contributed by atoms with Gasteiger partial charge < -0.3 is 10.5 Å². The maximum atomic E-state index is 12.1. The molecule has 0 unspecified atom stereocenters. The number of nitrogen functional groups attached to an aromatic ring is 1. The highest BCUT2D eigenvalue weighted by Crippen LogP contribution is 2.33. The topological polar surface area (TPSA) is 72.6 Å². The molecule has 17 heavy (non-hydrogen) atoms. The molecule has 2 rings (SSSR count). The fourth-order valence-electron chi connectivity index (χ4n) is 2.02. The van der Waals surface area contributed by atoms with E-state index in [1.165, 1.54) is 11.4 Å². The monoisotopic (exact) mass is 256 g/mol. The van der Waals surface area contributed by atoms with Crippen molar-refractivity contribution in [1.29, 1.82) is 0 Å². The lowest BCUT2D eigenvalue weighted by Crippen LogP contribution is -2.32. The van der Waals surface area contributed by atoms with Crippen molar-refractivity contribution in [2.45, 2.75) is 6.42 Å². The van der Waals surface area contributed by atoms with Gasteiger partial charge in [0.15, 0.2) is 0 Å². The highest BCUT2D eigenvalue weighted by atomic mass is 32.2. The minimum atomic E-state index is -3.30. The number of fused-ring (bicyclic) bond motifs is 1. The number of hydrogen-bond acceptors (Lipinski definition) is 4. The second kappa shape index (κ2) is 4.54. The molecular formula is C11H16N2O3S. The lowest BCUT2D eigenvalue weighted by Gasteiger charge is -2.19. The molecule has 0 bridgehead atoms. The van der Waals surface area contributed by atoms with Crippen LogP contribution in [0.25, 0.3) is 0 Å². The summed E-state index contributed by atoms with van der Waals surface area (Å²) in [6, 6.07) is 5.37. The van der Waals surface area contributed by atoms with Gasteiger partial charge in [0, 0.05) is 24.9 Å². The van der Waals surface area contributed by atoms with Crippen LogP contribution >= 0.6 is 0 Å². The zero-order valence-corrected chi connectivity index (χ0v) is 10.5. The molecule has 0 aromatic heterocycles. The molecule has 0 saturated heterocycles. The second-order valence-electron chi connectivity index (χ2n) is 3.98. The smallest absolute Gasteiger partial charge is 0.237 e. The minimum absolute atomic E-state index is 0.00224. The van der Waals surface area contributed by atoms with E-state index in [2.05, 4.69) is 0 Å². The third-order valence-electron chi connectivity index (χ3n) is 2.90. The Balaban J connectivity index is 2.31. The van der Waals surface area contributed by atoms with Crippen LogP contribution in [-0.4, -0.2) is 34.4 Å². The van der Waals surface area contributed by atoms with Gasteiger partial charge in [0.25, 0.3) is 0 Å². The Bertz CT molecular complexity index is 513. The van der Waals surface area contributed by atoms with Crippen molar-refractivity contribution >= 4 is 21.4 Å².